The van der Waals surface area contributed by atoms with Crippen LogP contribution in [0, 0.1) is 0 Å². The molecule has 1 atom stereocenters. The predicted octanol–water partition coefficient (Wildman–Crippen LogP) is 4.59. The Morgan fingerprint density at radius 2 is 1.63 bits per heavy atom. The topological polar surface area (TPSA) is 96.0 Å². The number of carbonyl (C=O) groups is 2. The van der Waals surface area contributed by atoms with E-state index in [2.05, 4.69) is 21.2 Å². The van der Waals surface area contributed by atoms with Crippen LogP contribution in [0.25, 0.3) is 0 Å². The molecule has 10 heteroatoms. The van der Waals surface area contributed by atoms with Crippen LogP contribution in [0.3, 0.4) is 0 Å². The highest BCUT2D eigenvalue weighted by atomic mass is 79.9. The maximum absolute atomic E-state index is 13.9. The maximum atomic E-state index is 13.9. The second kappa shape index (κ2) is 12.9. The maximum Gasteiger partial charge on any atom is 0.264 e. The number of anilines is 1. The molecule has 0 aliphatic rings. The number of halogens is 1. The van der Waals surface area contributed by atoms with Gasteiger partial charge in [-0.2, -0.15) is 0 Å². The molecule has 3 aromatic rings. The summed E-state index contributed by atoms with van der Waals surface area (Å²) in [6.07, 6.45) is 0. The van der Waals surface area contributed by atoms with Gasteiger partial charge in [0.25, 0.3) is 10.0 Å². The van der Waals surface area contributed by atoms with Gasteiger partial charge >= 0.3 is 0 Å². The van der Waals surface area contributed by atoms with Crippen molar-refractivity contribution in [1.82, 2.24) is 10.2 Å². The number of rotatable bonds is 11. The van der Waals surface area contributed by atoms with Gasteiger partial charge in [-0.3, -0.25) is 13.9 Å². The molecule has 0 aromatic heterocycles. The van der Waals surface area contributed by atoms with Gasteiger partial charge in [-0.1, -0.05) is 52.3 Å². The minimum absolute atomic E-state index is 0.0414. The summed E-state index contributed by atoms with van der Waals surface area (Å²) in [6.45, 7) is 4.90. The smallest absolute Gasteiger partial charge is 0.264 e. The average molecular weight is 603 g/mol. The van der Waals surface area contributed by atoms with E-state index in [1.165, 1.54) is 24.1 Å². The fraction of sp³-hybridized carbons (Fsp3) is 0.286. The van der Waals surface area contributed by atoms with Crippen LogP contribution in [-0.4, -0.2) is 50.9 Å². The van der Waals surface area contributed by atoms with Crippen molar-refractivity contribution in [3.63, 3.8) is 0 Å². The standard InChI is InChI=1S/C28H32BrN3O5S/c1-20(2)30-28(34)21(3)31(18-22-10-8-11-23(29)16-22)27(33)19-32(24-12-9-13-25(17-24)37-4)38(35,36)26-14-6-5-7-15-26/h5-17,20-21H,18-19H2,1-4H3,(H,30,34)/t21-/m1/s1. The first-order valence-electron chi connectivity index (χ1n) is 12.1. The molecule has 202 valence electrons. The van der Waals surface area contributed by atoms with Crippen LogP contribution in [0.5, 0.6) is 5.75 Å². The van der Waals surface area contributed by atoms with E-state index in [9.17, 15) is 18.0 Å². The zero-order valence-electron chi connectivity index (χ0n) is 21.8. The summed E-state index contributed by atoms with van der Waals surface area (Å²) in [6, 6.07) is 20.8. The van der Waals surface area contributed by atoms with E-state index in [0.29, 0.717) is 5.75 Å². The number of benzene rings is 3. The molecule has 1 N–H and O–H groups in total. The molecule has 0 bridgehead atoms. The molecule has 0 fully saturated rings. The monoisotopic (exact) mass is 601 g/mol. The third kappa shape index (κ3) is 7.35. The molecule has 8 nitrogen and oxygen atoms in total. The molecule has 0 unspecified atom stereocenters. The van der Waals surface area contributed by atoms with Gasteiger partial charge in [0.05, 0.1) is 17.7 Å². The summed E-state index contributed by atoms with van der Waals surface area (Å²) >= 11 is 3.44. The lowest BCUT2D eigenvalue weighted by Gasteiger charge is -2.32. The van der Waals surface area contributed by atoms with Crippen molar-refractivity contribution in [2.75, 3.05) is 18.0 Å². The lowest BCUT2D eigenvalue weighted by atomic mass is 10.1. The second-order valence-electron chi connectivity index (χ2n) is 9.02. The van der Waals surface area contributed by atoms with Gasteiger partial charge in [0.2, 0.25) is 11.8 Å². The van der Waals surface area contributed by atoms with Gasteiger partial charge in [0.15, 0.2) is 0 Å². The molecule has 0 spiro atoms. The molecular formula is C28H32BrN3O5S. The first-order valence-corrected chi connectivity index (χ1v) is 14.3. The molecule has 3 rings (SSSR count). The first kappa shape index (κ1) is 29.2. The van der Waals surface area contributed by atoms with Crippen molar-refractivity contribution >= 4 is 43.5 Å². The van der Waals surface area contributed by atoms with Crippen LogP contribution in [0.1, 0.15) is 26.3 Å². The Morgan fingerprint density at radius 3 is 2.26 bits per heavy atom. The molecule has 2 amide bonds. The molecule has 3 aromatic carbocycles. The van der Waals surface area contributed by atoms with E-state index in [1.54, 1.807) is 49.4 Å². The van der Waals surface area contributed by atoms with E-state index < -0.39 is 28.5 Å². The van der Waals surface area contributed by atoms with Gasteiger partial charge < -0.3 is 15.0 Å². The first-order chi connectivity index (χ1) is 18.0. The largest absolute Gasteiger partial charge is 0.497 e. The van der Waals surface area contributed by atoms with Crippen molar-refractivity contribution in [1.29, 1.82) is 0 Å². The molecule has 0 saturated carbocycles. The van der Waals surface area contributed by atoms with Crippen molar-refractivity contribution in [2.45, 2.75) is 44.3 Å². The van der Waals surface area contributed by atoms with E-state index in [1.807, 2.05) is 38.1 Å². The Kier molecular flexibility index (Phi) is 9.93. The fourth-order valence-electron chi connectivity index (χ4n) is 3.83. The zero-order chi connectivity index (χ0) is 27.9. The number of amides is 2. The summed E-state index contributed by atoms with van der Waals surface area (Å²) in [5.74, 6) is -0.417. The van der Waals surface area contributed by atoms with E-state index in [-0.39, 0.29) is 29.1 Å². The second-order valence-corrected chi connectivity index (χ2v) is 11.8. The highest BCUT2D eigenvalue weighted by molar-refractivity contribution is 9.10. The Morgan fingerprint density at radius 1 is 0.947 bits per heavy atom. The molecule has 0 aliphatic heterocycles. The molecule has 0 saturated heterocycles. The van der Waals surface area contributed by atoms with Crippen molar-refractivity contribution in [3.8, 4) is 5.75 Å². The van der Waals surface area contributed by atoms with Gasteiger partial charge in [-0.15, -0.1) is 0 Å². The summed E-state index contributed by atoms with van der Waals surface area (Å²) < 4.78 is 34.7. The van der Waals surface area contributed by atoms with Crippen LogP contribution in [0.15, 0.2) is 88.2 Å². The number of nitrogens with zero attached hydrogens (tertiary/aromatic N) is 2. The summed E-state index contributed by atoms with van der Waals surface area (Å²) in [4.78, 5) is 28.3. The van der Waals surface area contributed by atoms with Crippen molar-refractivity contribution < 1.29 is 22.7 Å². The van der Waals surface area contributed by atoms with Crippen LogP contribution >= 0.6 is 15.9 Å². The number of hydrogen-bond acceptors (Lipinski definition) is 5. The fourth-order valence-corrected chi connectivity index (χ4v) is 5.71. The van der Waals surface area contributed by atoms with Crippen LogP contribution in [0.4, 0.5) is 5.69 Å². The number of carbonyl (C=O) groups excluding carboxylic acids is 2. The Bertz CT molecular complexity index is 1370. The Hall–Kier alpha value is -3.37. The normalized spacial score (nSPS) is 12.1. The molecule has 38 heavy (non-hydrogen) atoms. The average Bonchev–Trinajstić information content (AvgIpc) is 2.90. The minimum Gasteiger partial charge on any atom is -0.497 e. The molecule has 0 aliphatic carbocycles. The number of sulfonamides is 1. The Labute approximate surface area is 232 Å². The summed E-state index contributed by atoms with van der Waals surface area (Å²) in [7, 11) is -2.65. The van der Waals surface area contributed by atoms with E-state index in [4.69, 9.17) is 4.74 Å². The lowest BCUT2D eigenvalue weighted by molar-refractivity contribution is -0.139. The number of ether oxygens (including phenoxy) is 1. The SMILES string of the molecule is COc1cccc(N(CC(=O)N(Cc2cccc(Br)c2)[C@H](C)C(=O)NC(C)C)S(=O)(=O)c2ccccc2)c1. The molecule has 0 heterocycles. The number of methoxy groups -OCH3 is 1. The van der Waals surface area contributed by atoms with Gasteiger partial charge in [0.1, 0.15) is 18.3 Å². The Balaban J connectivity index is 2.04. The van der Waals surface area contributed by atoms with Crippen molar-refractivity contribution in [3.05, 3.63) is 88.9 Å². The number of nitrogens with one attached hydrogen (secondary N) is 1. The third-order valence-corrected chi connectivity index (χ3v) is 8.07. The van der Waals surface area contributed by atoms with Gasteiger partial charge in [0, 0.05) is 23.1 Å². The number of hydrogen-bond donors (Lipinski definition) is 1. The quantitative estimate of drug-likeness (QED) is 0.347. The van der Waals surface area contributed by atoms with Crippen molar-refractivity contribution in [2.24, 2.45) is 0 Å². The highest BCUT2D eigenvalue weighted by Gasteiger charge is 2.32. The minimum atomic E-state index is -4.13. The van der Waals surface area contributed by atoms with E-state index in [0.717, 1.165) is 14.3 Å². The van der Waals surface area contributed by atoms with Crippen LogP contribution in [-0.2, 0) is 26.2 Å². The predicted molar refractivity (Wildman–Crippen MR) is 151 cm³/mol. The molecular weight excluding hydrogens is 570 g/mol. The lowest BCUT2D eigenvalue weighted by Crippen LogP contribution is -2.52. The molecule has 0 radical (unpaired) electrons. The highest BCUT2D eigenvalue weighted by Crippen LogP contribution is 2.27. The van der Waals surface area contributed by atoms with E-state index >= 15 is 0 Å². The van der Waals surface area contributed by atoms with Gasteiger partial charge in [-0.05, 0) is 62.7 Å². The third-order valence-electron chi connectivity index (χ3n) is 5.79. The summed E-state index contributed by atoms with van der Waals surface area (Å²) in [5.41, 5.74) is 1.05. The zero-order valence-corrected chi connectivity index (χ0v) is 24.2. The van der Waals surface area contributed by atoms with Gasteiger partial charge in [-0.25, -0.2) is 8.42 Å². The van der Waals surface area contributed by atoms with Crippen LogP contribution in [0.2, 0.25) is 0 Å². The summed E-state index contributed by atoms with van der Waals surface area (Å²) in [5, 5.41) is 2.84. The van der Waals surface area contributed by atoms with Crippen LogP contribution < -0.4 is 14.4 Å².